The van der Waals surface area contributed by atoms with Gasteiger partial charge in [-0.15, -0.1) is 0 Å². The molecule has 1 aromatic heterocycles. The summed E-state index contributed by atoms with van der Waals surface area (Å²) in [5.74, 6) is 0.120. The monoisotopic (exact) mass is 492 g/mol. The molecule has 2 aromatic carbocycles. The molecule has 1 aliphatic rings. The van der Waals surface area contributed by atoms with E-state index in [2.05, 4.69) is 10.3 Å². The number of fused-ring (bicyclic) bond motifs is 1. The van der Waals surface area contributed by atoms with Crippen LogP contribution in [-0.2, 0) is 32.9 Å². The van der Waals surface area contributed by atoms with Crippen LogP contribution in [0.15, 0.2) is 59.5 Å². The maximum absolute atomic E-state index is 13.4. The fraction of sp³-hybridized carbons (Fsp3) is 0.296. The number of pyridine rings is 1. The standard InChI is InChI=1S/C27H28N2O5S/c1-4-35(33,34)19-10-8-18(9-11-19)16-24(30)29-23-13-12-20-22(28-23)14-15-27(3,26(20)32)21-7-5-6-17(2)25(21)31/h5-13,31H,4,14-16H2,1-3H3,(H,28,29,30). The third kappa shape index (κ3) is 4.71. The number of phenols is 1. The number of aromatic hydroxyl groups is 1. The topological polar surface area (TPSA) is 113 Å². The molecule has 182 valence electrons. The largest absolute Gasteiger partial charge is 0.507 e. The summed E-state index contributed by atoms with van der Waals surface area (Å²) >= 11 is 0. The number of aryl methyl sites for hydroxylation is 2. The van der Waals surface area contributed by atoms with Crippen LogP contribution in [0.5, 0.6) is 5.75 Å². The molecule has 0 saturated carbocycles. The normalized spacial score (nSPS) is 17.6. The van der Waals surface area contributed by atoms with Gasteiger partial charge < -0.3 is 10.4 Å². The SMILES string of the molecule is CCS(=O)(=O)c1ccc(CC(=O)Nc2ccc3c(n2)CCC(C)(c2cccc(C)c2O)C3=O)cc1. The minimum absolute atomic E-state index is 0.0185. The average molecular weight is 493 g/mol. The van der Waals surface area contributed by atoms with Crippen molar-refractivity contribution in [3.05, 3.63) is 82.5 Å². The van der Waals surface area contributed by atoms with E-state index >= 15 is 0 Å². The van der Waals surface area contributed by atoms with Crippen molar-refractivity contribution in [2.45, 2.75) is 50.3 Å². The van der Waals surface area contributed by atoms with Crippen LogP contribution in [0.25, 0.3) is 0 Å². The second-order valence-electron chi connectivity index (χ2n) is 9.10. The highest BCUT2D eigenvalue weighted by molar-refractivity contribution is 7.91. The van der Waals surface area contributed by atoms with Gasteiger partial charge in [-0.1, -0.05) is 37.3 Å². The van der Waals surface area contributed by atoms with E-state index in [-0.39, 0.29) is 34.5 Å². The fourth-order valence-corrected chi connectivity index (χ4v) is 5.35. The lowest BCUT2D eigenvalue weighted by molar-refractivity contribution is -0.115. The number of nitrogens with one attached hydrogen (secondary N) is 1. The van der Waals surface area contributed by atoms with Crippen LogP contribution in [0.2, 0.25) is 0 Å². The van der Waals surface area contributed by atoms with E-state index in [1.54, 1.807) is 50.2 Å². The van der Waals surface area contributed by atoms with Gasteiger partial charge >= 0.3 is 0 Å². The molecule has 4 rings (SSSR count). The van der Waals surface area contributed by atoms with E-state index in [9.17, 15) is 23.1 Å². The molecular formula is C27H28N2O5S. The second-order valence-corrected chi connectivity index (χ2v) is 11.4. The summed E-state index contributed by atoms with van der Waals surface area (Å²) < 4.78 is 23.9. The lowest BCUT2D eigenvalue weighted by Gasteiger charge is -2.34. The Morgan fingerprint density at radius 3 is 2.51 bits per heavy atom. The van der Waals surface area contributed by atoms with Crippen molar-refractivity contribution in [3.63, 3.8) is 0 Å². The number of aromatic nitrogens is 1. The molecule has 0 radical (unpaired) electrons. The van der Waals surface area contributed by atoms with Crippen molar-refractivity contribution in [3.8, 4) is 5.75 Å². The van der Waals surface area contributed by atoms with Crippen molar-refractivity contribution in [1.29, 1.82) is 0 Å². The summed E-state index contributed by atoms with van der Waals surface area (Å²) in [4.78, 5) is 30.7. The summed E-state index contributed by atoms with van der Waals surface area (Å²) in [6.07, 6.45) is 1.09. The Hall–Kier alpha value is -3.52. The number of carbonyl (C=O) groups excluding carboxylic acids is 2. The minimum Gasteiger partial charge on any atom is -0.507 e. The molecule has 0 bridgehead atoms. The molecule has 0 spiro atoms. The molecule has 7 nitrogen and oxygen atoms in total. The van der Waals surface area contributed by atoms with Crippen molar-refractivity contribution in [2.75, 3.05) is 11.1 Å². The number of benzene rings is 2. The van der Waals surface area contributed by atoms with E-state index < -0.39 is 15.3 Å². The first-order valence-corrected chi connectivity index (χ1v) is 13.2. The molecule has 1 aliphatic carbocycles. The molecular weight excluding hydrogens is 464 g/mol. The number of phenolic OH excluding ortho intramolecular Hbond substituents is 1. The molecule has 1 amide bonds. The van der Waals surface area contributed by atoms with Gasteiger partial charge in [0, 0.05) is 11.1 Å². The predicted molar refractivity (Wildman–Crippen MR) is 134 cm³/mol. The summed E-state index contributed by atoms with van der Waals surface area (Å²) in [6.45, 7) is 5.24. The molecule has 2 N–H and O–H groups in total. The first-order chi connectivity index (χ1) is 16.5. The highest BCUT2D eigenvalue weighted by Gasteiger charge is 2.42. The maximum Gasteiger partial charge on any atom is 0.229 e. The van der Waals surface area contributed by atoms with Gasteiger partial charge in [0.2, 0.25) is 5.91 Å². The molecule has 0 aliphatic heterocycles. The number of amides is 1. The predicted octanol–water partition coefficient (Wildman–Crippen LogP) is 4.16. The van der Waals surface area contributed by atoms with Crippen LogP contribution in [0.1, 0.15) is 53.0 Å². The van der Waals surface area contributed by atoms with Crippen LogP contribution in [-0.4, -0.2) is 36.0 Å². The van der Waals surface area contributed by atoms with Gasteiger partial charge in [0.15, 0.2) is 15.6 Å². The van der Waals surface area contributed by atoms with E-state index in [1.165, 1.54) is 12.1 Å². The molecule has 1 heterocycles. The summed E-state index contributed by atoms with van der Waals surface area (Å²) in [6, 6.07) is 15.0. The Kier molecular flexibility index (Phi) is 6.51. The molecule has 35 heavy (non-hydrogen) atoms. The number of nitrogens with zero attached hydrogens (tertiary/aromatic N) is 1. The van der Waals surface area contributed by atoms with E-state index in [0.717, 1.165) is 5.56 Å². The Morgan fingerprint density at radius 1 is 1.11 bits per heavy atom. The second kappa shape index (κ2) is 9.26. The molecule has 0 fully saturated rings. The van der Waals surface area contributed by atoms with E-state index in [4.69, 9.17) is 0 Å². The number of Topliss-reactive ketones (excluding diaryl/α,β-unsaturated/α-hetero) is 1. The third-order valence-corrected chi connectivity index (χ3v) is 8.46. The van der Waals surface area contributed by atoms with E-state index in [1.807, 2.05) is 13.0 Å². The number of anilines is 1. The van der Waals surface area contributed by atoms with Crippen LogP contribution < -0.4 is 5.32 Å². The maximum atomic E-state index is 13.4. The zero-order valence-electron chi connectivity index (χ0n) is 20.0. The van der Waals surface area contributed by atoms with Crippen molar-refractivity contribution in [2.24, 2.45) is 0 Å². The van der Waals surface area contributed by atoms with Gasteiger partial charge in [-0.25, -0.2) is 13.4 Å². The van der Waals surface area contributed by atoms with Crippen LogP contribution in [0.3, 0.4) is 0 Å². The van der Waals surface area contributed by atoms with Gasteiger partial charge in [-0.2, -0.15) is 0 Å². The smallest absolute Gasteiger partial charge is 0.229 e. The van der Waals surface area contributed by atoms with Crippen LogP contribution in [0, 0.1) is 6.92 Å². The number of para-hydroxylation sites is 1. The molecule has 8 heteroatoms. The lowest BCUT2D eigenvalue weighted by atomic mass is 9.68. The number of hydrogen-bond acceptors (Lipinski definition) is 6. The highest BCUT2D eigenvalue weighted by Crippen LogP contribution is 2.42. The Bertz CT molecular complexity index is 1410. The van der Waals surface area contributed by atoms with Gasteiger partial charge in [-0.05, 0) is 62.1 Å². The molecule has 1 unspecified atom stereocenters. The lowest BCUT2D eigenvalue weighted by Crippen LogP contribution is -2.38. The molecule has 3 aromatic rings. The quantitative estimate of drug-likeness (QED) is 0.534. The summed E-state index contributed by atoms with van der Waals surface area (Å²) in [5.41, 5.74) is 2.27. The molecule has 0 saturated heterocycles. The minimum atomic E-state index is -3.29. The summed E-state index contributed by atoms with van der Waals surface area (Å²) in [5, 5.41) is 13.3. The number of carbonyl (C=O) groups is 2. The third-order valence-electron chi connectivity index (χ3n) is 6.71. The number of hydrogen-bond donors (Lipinski definition) is 2. The first kappa shape index (κ1) is 24.6. The number of ketones is 1. The zero-order valence-corrected chi connectivity index (χ0v) is 20.8. The average Bonchev–Trinajstić information content (AvgIpc) is 2.83. The Labute approximate surface area is 205 Å². The Balaban J connectivity index is 1.49. The van der Waals surface area contributed by atoms with Gasteiger partial charge in [0.25, 0.3) is 0 Å². The fourth-order valence-electron chi connectivity index (χ4n) is 4.46. The van der Waals surface area contributed by atoms with Crippen LogP contribution in [0.4, 0.5) is 5.82 Å². The first-order valence-electron chi connectivity index (χ1n) is 11.5. The number of rotatable bonds is 6. The van der Waals surface area contributed by atoms with Gasteiger partial charge in [0.05, 0.1) is 28.2 Å². The van der Waals surface area contributed by atoms with Crippen molar-refractivity contribution in [1.82, 2.24) is 4.98 Å². The van der Waals surface area contributed by atoms with E-state index in [0.29, 0.717) is 41.0 Å². The Morgan fingerprint density at radius 2 is 1.83 bits per heavy atom. The van der Waals surface area contributed by atoms with Crippen LogP contribution >= 0.6 is 0 Å². The van der Waals surface area contributed by atoms with Crippen molar-refractivity contribution < 1.29 is 23.1 Å². The van der Waals surface area contributed by atoms with Gasteiger partial charge in [-0.3, -0.25) is 9.59 Å². The number of sulfone groups is 1. The highest BCUT2D eigenvalue weighted by atomic mass is 32.2. The van der Waals surface area contributed by atoms with Crippen molar-refractivity contribution >= 4 is 27.3 Å². The summed E-state index contributed by atoms with van der Waals surface area (Å²) in [7, 11) is -3.29. The zero-order chi connectivity index (χ0) is 25.4. The molecule has 1 atom stereocenters. The van der Waals surface area contributed by atoms with Gasteiger partial charge in [0.1, 0.15) is 11.6 Å².